The van der Waals surface area contributed by atoms with Crippen LogP contribution < -0.4 is 10.6 Å². The first-order valence-electron chi connectivity index (χ1n) is 8.79. The highest BCUT2D eigenvalue weighted by molar-refractivity contribution is 6.31. The van der Waals surface area contributed by atoms with Crippen molar-refractivity contribution in [3.63, 3.8) is 0 Å². The van der Waals surface area contributed by atoms with Crippen LogP contribution in [0.5, 0.6) is 0 Å². The van der Waals surface area contributed by atoms with E-state index in [0.29, 0.717) is 24.2 Å². The van der Waals surface area contributed by atoms with Crippen molar-refractivity contribution in [1.82, 2.24) is 15.1 Å². The average molecular weight is 365 g/mol. The van der Waals surface area contributed by atoms with Crippen LogP contribution >= 0.6 is 11.6 Å². The summed E-state index contributed by atoms with van der Waals surface area (Å²) in [5.41, 5.74) is 1.75. The van der Waals surface area contributed by atoms with Gasteiger partial charge in [0.25, 0.3) is 0 Å². The van der Waals surface area contributed by atoms with E-state index in [0.717, 1.165) is 50.3 Å². The van der Waals surface area contributed by atoms with Crippen LogP contribution in [0.2, 0.25) is 5.02 Å². The molecule has 0 bridgehead atoms. The minimum Gasteiger partial charge on any atom is -0.352 e. The number of benzene rings is 1. The maximum absolute atomic E-state index is 12.3. The lowest BCUT2D eigenvalue weighted by atomic mass is 10.2. The van der Waals surface area contributed by atoms with Gasteiger partial charge in [-0.05, 0) is 37.5 Å². The summed E-state index contributed by atoms with van der Waals surface area (Å²) in [5, 5.41) is 6.55. The van der Waals surface area contributed by atoms with Gasteiger partial charge in [0.15, 0.2) is 0 Å². The molecule has 2 aliphatic rings. The second-order valence-electron chi connectivity index (χ2n) is 6.90. The summed E-state index contributed by atoms with van der Waals surface area (Å²) in [5.74, 6) is 0.0791. The molecule has 1 aliphatic heterocycles. The highest BCUT2D eigenvalue weighted by atomic mass is 35.5. The van der Waals surface area contributed by atoms with Crippen molar-refractivity contribution in [2.24, 2.45) is 0 Å². The molecule has 0 spiro atoms. The molecule has 1 heterocycles. The summed E-state index contributed by atoms with van der Waals surface area (Å²) < 4.78 is 0. The molecule has 0 radical (unpaired) electrons. The Bertz CT molecular complexity index is 640. The number of aryl methyl sites for hydroxylation is 1. The van der Waals surface area contributed by atoms with Gasteiger partial charge in [-0.25, -0.2) is 0 Å². The lowest BCUT2D eigenvalue weighted by molar-refractivity contribution is -0.123. The van der Waals surface area contributed by atoms with E-state index in [1.807, 2.05) is 19.1 Å². The van der Waals surface area contributed by atoms with Crippen LogP contribution in [0.1, 0.15) is 18.4 Å². The number of hydrogen-bond acceptors (Lipinski definition) is 4. The van der Waals surface area contributed by atoms with E-state index in [4.69, 9.17) is 11.6 Å². The van der Waals surface area contributed by atoms with Gasteiger partial charge in [-0.3, -0.25) is 19.4 Å². The summed E-state index contributed by atoms with van der Waals surface area (Å²) in [6.07, 6.45) is 2.22. The molecule has 3 rings (SSSR count). The number of carbonyl (C=O) groups excluding carboxylic acids is 2. The lowest BCUT2D eigenvalue weighted by Crippen LogP contribution is -2.51. The van der Waals surface area contributed by atoms with Crippen molar-refractivity contribution < 1.29 is 9.59 Å². The summed E-state index contributed by atoms with van der Waals surface area (Å²) in [6, 6.07) is 5.88. The van der Waals surface area contributed by atoms with Crippen LogP contribution in [-0.4, -0.2) is 66.9 Å². The first-order chi connectivity index (χ1) is 12.0. The zero-order valence-corrected chi connectivity index (χ0v) is 15.3. The van der Waals surface area contributed by atoms with E-state index < -0.39 is 0 Å². The standard InChI is InChI=1S/C18H25ClN4O2/c1-13-2-3-14(19)10-16(13)21-18(25)12-23-8-6-22(7-9-23)11-17(24)20-15-4-5-15/h2-3,10,15H,4-9,11-12H2,1H3,(H,20,24)(H,21,25). The van der Waals surface area contributed by atoms with Gasteiger partial charge in [0.05, 0.1) is 13.1 Å². The van der Waals surface area contributed by atoms with Crippen molar-refractivity contribution in [1.29, 1.82) is 0 Å². The number of nitrogens with one attached hydrogen (secondary N) is 2. The van der Waals surface area contributed by atoms with Crippen molar-refractivity contribution in [3.05, 3.63) is 28.8 Å². The normalized spacial score (nSPS) is 18.8. The average Bonchev–Trinajstić information content (AvgIpc) is 3.36. The van der Waals surface area contributed by atoms with Crippen LogP contribution in [0.3, 0.4) is 0 Å². The predicted octanol–water partition coefficient (Wildman–Crippen LogP) is 1.48. The van der Waals surface area contributed by atoms with Gasteiger partial charge in [-0.1, -0.05) is 17.7 Å². The molecule has 1 saturated heterocycles. The SMILES string of the molecule is Cc1ccc(Cl)cc1NC(=O)CN1CCN(CC(=O)NC2CC2)CC1. The molecule has 136 valence electrons. The third-order valence-electron chi connectivity index (χ3n) is 4.62. The molecule has 0 unspecified atom stereocenters. The molecule has 0 atom stereocenters. The minimum atomic E-state index is -0.0368. The number of rotatable bonds is 6. The molecule has 1 saturated carbocycles. The van der Waals surface area contributed by atoms with Crippen LogP contribution in [0, 0.1) is 6.92 Å². The number of hydrogen-bond donors (Lipinski definition) is 2. The van der Waals surface area contributed by atoms with E-state index >= 15 is 0 Å². The Morgan fingerprint density at radius 3 is 2.28 bits per heavy atom. The number of halogens is 1. The molecule has 25 heavy (non-hydrogen) atoms. The van der Waals surface area contributed by atoms with Crippen molar-refractivity contribution in [3.8, 4) is 0 Å². The maximum Gasteiger partial charge on any atom is 0.238 e. The number of nitrogens with zero attached hydrogens (tertiary/aromatic N) is 2. The number of piperazine rings is 1. The zero-order chi connectivity index (χ0) is 17.8. The van der Waals surface area contributed by atoms with Gasteiger partial charge in [0.1, 0.15) is 0 Å². The van der Waals surface area contributed by atoms with Crippen LogP contribution in [0.25, 0.3) is 0 Å². The Balaban J connectivity index is 1.40. The fourth-order valence-electron chi connectivity index (χ4n) is 2.93. The molecule has 0 aromatic heterocycles. The van der Waals surface area contributed by atoms with Gasteiger partial charge in [-0.2, -0.15) is 0 Å². The van der Waals surface area contributed by atoms with E-state index in [9.17, 15) is 9.59 Å². The summed E-state index contributed by atoms with van der Waals surface area (Å²) >= 11 is 5.99. The van der Waals surface area contributed by atoms with Crippen LogP contribution in [0.4, 0.5) is 5.69 Å². The minimum absolute atomic E-state index is 0.0368. The number of anilines is 1. The van der Waals surface area contributed by atoms with Crippen molar-refractivity contribution in [2.45, 2.75) is 25.8 Å². The lowest BCUT2D eigenvalue weighted by Gasteiger charge is -2.33. The van der Waals surface area contributed by atoms with E-state index in [-0.39, 0.29) is 11.8 Å². The molecule has 2 fully saturated rings. The van der Waals surface area contributed by atoms with Gasteiger partial charge in [0, 0.05) is 42.9 Å². The quantitative estimate of drug-likeness (QED) is 0.802. The van der Waals surface area contributed by atoms with Gasteiger partial charge >= 0.3 is 0 Å². The van der Waals surface area contributed by atoms with Crippen LogP contribution in [-0.2, 0) is 9.59 Å². The Morgan fingerprint density at radius 2 is 1.68 bits per heavy atom. The monoisotopic (exact) mass is 364 g/mol. The molecular formula is C18H25ClN4O2. The third-order valence-corrected chi connectivity index (χ3v) is 4.85. The maximum atomic E-state index is 12.3. The second kappa shape index (κ2) is 8.17. The summed E-state index contributed by atoms with van der Waals surface area (Å²) in [6.45, 7) is 5.95. The van der Waals surface area contributed by atoms with Crippen molar-refractivity contribution >= 4 is 29.1 Å². The topological polar surface area (TPSA) is 64.7 Å². The van der Waals surface area contributed by atoms with E-state index in [2.05, 4.69) is 20.4 Å². The van der Waals surface area contributed by atoms with Crippen LogP contribution in [0.15, 0.2) is 18.2 Å². The van der Waals surface area contributed by atoms with Gasteiger partial charge in [0.2, 0.25) is 11.8 Å². The molecule has 1 aromatic rings. The molecule has 2 N–H and O–H groups in total. The predicted molar refractivity (Wildman–Crippen MR) is 98.9 cm³/mol. The molecular weight excluding hydrogens is 340 g/mol. The largest absolute Gasteiger partial charge is 0.352 e. The molecule has 6 nitrogen and oxygen atoms in total. The zero-order valence-electron chi connectivity index (χ0n) is 14.6. The van der Waals surface area contributed by atoms with Gasteiger partial charge < -0.3 is 10.6 Å². The highest BCUT2D eigenvalue weighted by Gasteiger charge is 2.25. The fourth-order valence-corrected chi connectivity index (χ4v) is 3.10. The fraction of sp³-hybridized carbons (Fsp3) is 0.556. The molecule has 2 amide bonds. The molecule has 1 aromatic carbocycles. The third kappa shape index (κ3) is 5.70. The Kier molecular flexibility index (Phi) is 5.93. The first kappa shape index (κ1) is 18.2. The molecule has 7 heteroatoms. The Labute approximate surface area is 153 Å². The number of carbonyl (C=O) groups is 2. The number of amides is 2. The smallest absolute Gasteiger partial charge is 0.238 e. The molecule has 1 aliphatic carbocycles. The first-order valence-corrected chi connectivity index (χ1v) is 9.17. The van der Waals surface area contributed by atoms with E-state index in [1.54, 1.807) is 6.07 Å². The Hall–Kier alpha value is -1.63. The summed E-state index contributed by atoms with van der Waals surface area (Å²) in [4.78, 5) is 28.4. The van der Waals surface area contributed by atoms with E-state index in [1.165, 1.54) is 0 Å². The van der Waals surface area contributed by atoms with Crippen molar-refractivity contribution in [2.75, 3.05) is 44.6 Å². The summed E-state index contributed by atoms with van der Waals surface area (Å²) in [7, 11) is 0. The highest BCUT2D eigenvalue weighted by Crippen LogP contribution is 2.20. The van der Waals surface area contributed by atoms with Gasteiger partial charge in [-0.15, -0.1) is 0 Å². The second-order valence-corrected chi connectivity index (χ2v) is 7.34. The Morgan fingerprint density at radius 1 is 1.08 bits per heavy atom.